The monoisotopic (exact) mass is 777 g/mol. The van der Waals surface area contributed by atoms with Gasteiger partial charge in [0, 0.05) is 16.9 Å². The number of carbonyl (C=O) groups is 1. The van der Waals surface area contributed by atoms with Crippen LogP contribution in [-0.2, 0) is 20.4 Å². The first-order valence-corrected chi connectivity index (χ1v) is 19.4. The molecule has 0 aromatic heterocycles. The summed E-state index contributed by atoms with van der Waals surface area (Å²) >= 11 is 0. The number of hydrogen-bond acceptors (Lipinski definition) is 7. The smallest absolute Gasteiger partial charge is 0.327 e. The van der Waals surface area contributed by atoms with E-state index < -0.39 is 12.3 Å². The van der Waals surface area contributed by atoms with Crippen LogP contribution in [0.3, 0.4) is 0 Å². The fraction of sp³-hybridized carbons (Fsp3) is 0.438. The quantitative estimate of drug-likeness (QED) is 0.0764. The fourth-order valence-electron chi connectivity index (χ4n) is 4.52. The normalized spacial score (nSPS) is 13.6. The van der Waals surface area contributed by atoms with Gasteiger partial charge in [0.2, 0.25) is 0 Å². The van der Waals surface area contributed by atoms with E-state index in [1.54, 1.807) is 31.2 Å². The van der Waals surface area contributed by atoms with Crippen LogP contribution in [0, 0.1) is 11.8 Å². The first-order valence-electron chi connectivity index (χ1n) is 19.4. The van der Waals surface area contributed by atoms with Crippen molar-refractivity contribution in [3.8, 4) is 11.5 Å². The Bertz CT molecular complexity index is 1440. The maximum atomic E-state index is 9.29. The van der Waals surface area contributed by atoms with Gasteiger partial charge in [-0.2, -0.15) is 0 Å². The van der Waals surface area contributed by atoms with E-state index >= 15 is 0 Å². The molecule has 4 aromatic carbocycles. The summed E-state index contributed by atoms with van der Waals surface area (Å²) in [6, 6.07) is 35.6. The molecule has 0 amide bonds. The number of epoxide rings is 1. The first kappa shape index (κ1) is 53.6. The number of aliphatic hydroxyl groups excluding tert-OH is 3. The van der Waals surface area contributed by atoms with Crippen molar-refractivity contribution < 1.29 is 40.2 Å². The second-order valence-electron chi connectivity index (χ2n) is 14.9. The second kappa shape index (κ2) is 28.9. The predicted molar refractivity (Wildman–Crippen MR) is 232 cm³/mol. The molecule has 3 unspecified atom stereocenters. The second-order valence-corrected chi connectivity index (χ2v) is 14.9. The summed E-state index contributed by atoms with van der Waals surface area (Å²) in [5, 5.41) is 51.5. The van der Waals surface area contributed by atoms with E-state index in [1.807, 2.05) is 71.0 Å². The van der Waals surface area contributed by atoms with E-state index in [0.29, 0.717) is 29.9 Å². The molecule has 1 fully saturated rings. The van der Waals surface area contributed by atoms with Crippen molar-refractivity contribution in [2.24, 2.45) is 11.8 Å². The van der Waals surface area contributed by atoms with Crippen molar-refractivity contribution in [2.75, 3.05) is 6.61 Å². The highest BCUT2D eigenvalue weighted by Gasteiger charge is 2.23. The Morgan fingerprint density at radius 3 is 1.09 bits per heavy atom. The van der Waals surface area contributed by atoms with Crippen molar-refractivity contribution in [1.82, 2.24) is 0 Å². The number of phenolic OH excluding ortho intramolecular Hbond substituents is 2. The summed E-state index contributed by atoms with van der Waals surface area (Å²) in [6.07, 6.45) is 1.06. The molecule has 0 saturated carbocycles. The lowest BCUT2D eigenvalue weighted by Gasteiger charge is -2.26. The molecule has 56 heavy (non-hydrogen) atoms. The Balaban J connectivity index is 0. The molecule has 6 N–H and O–H groups in total. The molecule has 0 aliphatic carbocycles. The molecule has 1 aliphatic heterocycles. The number of carboxylic acids is 1. The maximum Gasteiger partial charge on any atom is 0.327 e. The van der Waals surface area contributed by atoms with Crippen LogP contribution in [0.5, 0.6) is 11.5 Å². The number of aliphatic hydroxyl groups is 3. The third-order valence-corrected chi connectivity index (χ3v) is 8.44. The highest BCUT2D eigenvalue weighted by molar-refractivity contribution is 5.78. The summed E-state index contributed by atoms with van der Waals surface area (Å²) in [6.45, 7) is 28.1. The predicted octanol–water partition coefficient (Wildman–Crippen LogP) is 10.5. The van der Waals surface area contributed by atoms with Crippen LogP contribution in [0.1, 0.15) is 112 Å². The van der Waals surface area contributed by atoms with E-state index in [1.165, 1.54) is 22.3 Å². The van der Waals surface area contributed by atoms with Gasteiger partial charge in [-0.05, 0) is 78.6 Å². The van der Waals surface area contributed by atoms with Crippen molar-refractivity contribution >= 4 is 5.97 Å². The van der Waals surface area contributed by atoms with Gasteiger partial charge in [0.1, 0.15) is 18.1 Å². The number of benzene rings is 4. The van der Waals surface area contributed by atoms with Crippen LogP contribution in [0.2, 0.25) is 0 Å². The minimum Gasteiger partial charge on any atom is -0.508 e. The molecule has 0 spiro atoms. The molecule has 0 bridgehead atoms. The van der Waals surface area contributed by atoms with Gasteiger partial charge in [0.25, 0.3) is 0 Å². The topological polar surface area (TPSA) is 151 Å². The zero-order valence-corrected chi connectivity index (χ0v) is 36.0. The van der Waals surface area contributed by atoms with E-state index in [9.17, 15) is 15.0 Å². The Morgan fingerprint density at radius 1 is 0.679 bits per heavy atom. The van der Waals surface area contributed by atoms with Crippen molar-refractivity contribution in [1.29, 1.82) is 0 Å². The molecule has 5 rings (SSSR count). The Morgan fingerprint density at radius 2 is 0.929 bits per heavy atom. The Hall–Kier alpha value is -4.47. The lowest BCUT2D eigenvalue weighted by molar-refractivity contribution is -0.131. The molecule has 8 heteroatoms. The van der Waals surface area contributed by atoms with Gasteiger partial charge in [-0.15, -0.1) is 0 Å². The molecular formula is C48H72O8. The number of aromatic hydroxyl groups is 2. The number of phenols is 2. The summed E-state index contributed by atoms with van der Waals surface area (Å²) in [7, 11) is 0. The highest BCUT2D eigenvalue weighted by Crippen LogP contribution is 2.33. The van der Waals surface area contributed by atoms with Crippen LogP contribution >= 0.6 is 0 Å². The lowest BCUT2D eigenvalue weighted by atomic mass is 9.78. The summed E-state index contributed by atoms with van der Waals surface area (Å²) < 4.78 is 4.26. The average Bonchev–Trinajstić information content (AvgIpc) is 3.96. The zero-order chi connectivity index (χ0) is 43.5. The fourth-order valence-corrected chi connectivity index (χ4v) is 4.52. The maximum absolute atomic E-state index is 9.29. The number of aliphatic carboxylic acids is 1. The molecule has 3 atom stereocenters. The van der Waals surface area contributed by atoms with Gasteiger partial charge < -0.3 is 35.4 Å². The first-order chi connectivity index (χ1) is 26.1. The van der Waals surface area contributed by atoms with E-state index in [-0.39, 0.29) is 23.0 Å². The Kier molecular flexibility index (Phi) is 27.6. The molecular weight excluding hydrogens is 705 g/mol. The van der Waals surface area contributed by atoms with Gasteiger partial charge in [0.15, 0.2) is 6.29 Å². The van der Waals surface area contributed by atoms with Crippen molar-refractivity contribution in [3.05, 3.63) is 144 Å². The van der Waals surface area contributed by atoms with Crippen LogP contribution in [0.15, 0.2) is 122 Å². The van der Waals surface area contributed by atoms with Crippen LogP contribution in [0.25, 0.3) is 0 Å². The molecule has 312 valence electrons. The van der Waals surface area contributed by atoms with Crippen LogP contribution in [-0.4, -0.2) is 61.7 Å². The van der Waals surface area contributed by atoms with E-state index in [2.05, 4.69) is 101 Å². The molecule has 8 nitrogen and oxygen atoms in total. The molecule has 1 aliphatic rings. The van der Waals surface area contributed by atoms with Gasteiger partial charge in [-0.1, -0.05) is 161 Å². The van der Waals surface area contributed by atoms with Crippen LogP contribution in [0.4, 0.5) is 0 Å². The SMILES string of the molecule is C=CC(=O)O.CC.CC(C)(c1ccccc1)c1ccc(O)cc1.CC(C)(c1ccccc1)c1ccc(O)cc1.CC(C)C(C)O.CC(C)CC(C)O.OC1CO1. The molecule has 1 saturated heterocycles. The standard InChI is InChI=1S/2C15H16O.C6H14O.C5H12O.C3H4O2.C2H4O2.C2H6/c2*1-15(2,12-6-4-3-5-7-12)13-8-10-14(16)11-9-13;1-5(2)4-6(3)7;1-4(2)5(3)6;1-2-3(4)5;3-2-1-4-2;1-2/h2*3-11,16H,1-2H3;5-7H,4H2,1-3H3;4-6H,1-3H3;2H,1H2,(H,4,5);2-3H,1H2;1-2H3. The summed E-state index contributed by atoms with van der Waals surface area (Å²) in [4.78, 5) is 9.25. The highest BCUT2D eigenvalue weighted by atomic mass is 16.7. The molecule has 0 radical (unpaired) electrons. The number of ether oxygens (including phenoxy) is 1. The van der Waals surface area contributed by atoms with Gasteiger partial charge in [-0.3, -0.25) is 0 Å². The van der Waals surface area contributed by atoms with Crippen molar-refractivity contribution in [3.63, 3.8) is 0 Å². The van der Waals surface area contributed by atoms with E-state index in [4.69, 9.17) is 20.4 Å². The van der Waals surface area contributed by atoms with Gasteiger partial charge in [0.05, 0.1) is 12.2 Å². The van der Waals surface area contributed by atoms with Gasteiger partial charge >= 0.3 is 5.97 Å². The molecule has 1 heterocycles. The average molecular weight is 777 g/mol. The largest absolute Gasteiger partial charge is 0.508 e. The van der Waals surface area contributed by atoms with Gasteiger partial charge in [-0.25, -0.2) is 4.79 Å². The summed E-state index contributed by atoms with van der Waals surface area (Å²) in [5.74, 6) is 0.676. The lowest BCUT2D eigenvalue weighted by Crippen LogP contribution is -2.18. The zero-order valence-electron chi connectivity index (χ0n) is 36.0. The number of hydrogen-bond donors (Lipinski definition) is 6. The number of rotatable bonds is 8. The number of carboxylic acid groups (broad SMARTS) is 1. The minimum absolute atomic E-state index is 0.0328. The van der Waals surface area contributed by atoms with Crippen LogP contribution < -0.4 is 0 Å². The summed E-state index contributed by atoms with van der Waals surface area (Å²) in [5.41, 5.74) is 4.90. The third-order valence-electron chi connectivity index (χ3n) is 8.44. The molecule has 4 aromatic rings. The third kappa shape index (κ3) is 24.8. The minimum atomic E-state index is -0.981. The van der Waals surface area contributed by atoms with E-state index in [0.717, 1.165) is 12.5 Å². The van der Waals surface area contributed by atoms with Crippen molar-refractivity contribution in [2.45, 2.75) is 119 Å². The Labute approximate surface area is 338 Å².